The van der Waals surface area contributed by atoms with Gasteiger partial charge in [-0.15, -0.1) is 0 Å². The minimum Gasteiger partial charge on any atom is -0.393 e. The molecule has 9 atom stereocenters. The molecule has 5 rings (SSSR count). The van der Waals surface area contributed by atoms with E-state index in [-0.39, 0.29) is 11.5 Å². The highest BCUT2D eigenvalue weighted by atomic mass is 16.3. The van der Waals surface area contributed by atoms with Crippen molar-refractivity contribution in [1.82, 2.24) is 0 Å². The van der Waals surface area contributed by atoms with Gasteiger partial charge in [0.1, 0.15) is 0 Å². The molecule has 0 spiro atoms. The molecule has 0 aromatic heterocycles. The second kappa shape index (κ2) is 6.64. The van der Waals surface area contributed by atoms with Crippen molar-refractivity contribution in [3.05, 3.63) is 11.1 Å². The first-order valence-corrected chi connectivity index (χ1v) is 13.7. The zero-order chi connectivity index (χ0) is 22.6. The van der Waals surface area contributed by atoms with Gasteiger partial charge in [0, 0.05) is 0 Å². The second-order valence-corrected chi connectivity index (χ2v) is 14.6. The predicted octanol–water partition coefficient (Wildman–Crippen LogP) is 8.17. The molecule has 0 aliphatic heterocycles. The monoisotopic (exact) mass is 426 g/mol. The smallest absolute Gasteiger partial charge is 0.0594 e. The molecular weight excluding hydrogens is 376 g/mol. The molecule has 0 amide bonds. The third kappa shape index (κ3) is 2.65. The van der Waals surface area contributed by atoms with Gasteiger partial charge < -0.3 is 5.11 Å². The summed E-state index contributed by atoms with van der Waals surface area (Å²) in [5, 5.41) is 10.9. The van der Waals surface area contributed by atoms with Gasteiger partial charge in [0.05, 0.1) is 6.10 Å². The van der Waals surface area contributed by atoms with E-state index in [1.165, 1.54) is 57.8 Å². The Kier molecular flexibility index (Phi) is 4.82. The summed E-state index contributed by atoms with van der Waals surface area (Å²) in [4.78, 5) is 0. The molecule has 5 aliphatic rings. The van der Waals surface area contributed by atoms with Gasteiger partial charge in [-0.2, -0.15) is 0 Å². The van der Waals surface area contributed by atoms with E-state index in [9.17, 15) is 5.11 Å². The molecule has 0 radical (unpaired) electrons. The van der Waals surface area contributed by atoms with Crippen LogP contribution >= 0.6 is 0 Å². The maximum absolute atomic E-state index is 10.9. The minimum absolute atomic E-state index is 0.0473. The van der Waals surface area contributed by atoms with Crippen LogP contribution in [0.4, 0.5) is 0 Å². The Morgan fingerprint density at radius 3 is 2.16 bits per heavy atom. The molecule has 0 aromatic rings. The molecular formula is C30H50O. The minimum atomic E-state index is -0.128. The summed E-state index contributed by atoms with van der Waals surface area (Å²) >= 11 is 0. The maximum Gasteiger partial charge on any atom is 0.0594 e. The number of hydrogen-bond donors (Lipinski definition) is 1. The number of allylic oxidation sites excluding steroid dienone is 2. The molecule has 1 N–H and O–H groups in total. The Morgan fingerprint density at radius 2 is 1.45 bits per heavy atom. The van der Waals surface area contributed by atoms with Crippen LogP contribution in [-0.4, -0.2) is 11.2 Å². The molecule has 31 heavy (non-hydrogen) atoms. The quantitative estimate of drug-likeness (QED) is 0.387. The Hall–Kier alpha value is -0.300. The summed E-state index contributed by atoms with van der Waals surface area (Å²) in [7, 11) is 0. The van der Waals surface area contributed by atoms with Crippen molar-refractivity contribution >= 4 is 0 Å². The Labute approximate surface area is 192 Å². The maximum atomic E-state index is 10.9. The average Bonchev–Trinajstić information content (AvgIpc) is 2.70. The van der Waals surface area contributed by atoms with Crippen molar-refractivity contribution in [2.45, 2.75) is 126 Å². The average molecular weight is 427 g/mol. The Balaban J connectivity index is 1.61. The molecule has 3 saturated carbocycles. The lowest BCUT2D eigenvalue weighted by Gasteiger charge is -2.70. The molecule has 1 nitrogen and oxygen atoms in total. The summed E-state index contributed by atoms with van der Waals surface area (Å²) in [5.74, 6) is 3.23. The highest BCUT2D eigenvalue weighted by Crippen LogP contribution is 2.75. The molecule has 0 heterocycles. The van der Waals surface area contributed by atoms with E-state index in [0.29, 0.717) is 27.6 Å². The topological polar surface area (TPSA) is 20.2 Å². The summed E-state index contributed by atoms with van der Waals surface area (Å²) in [6.45, 7) is 20.6. The first-order valence-electron chi connectivity index (χ1n) is 13.7. The van der Waals surface area contributed by atoms with Crippen LogP contribution in [0.1, 0.15) is 120 Å². The fraction of sp³-hybridized carbons (Fsp3) is 0.933. The van der Waals surface area contributed by atoms with Gasteiger partial charge in [-0.3, -0.25) is 0 Å². The SMILES string of the molecule is C[C@H]1CC[C@]2(C)CC[C@]3(C)C4=C(CC[C@@]3(C)C2[C@@H]1C)[C@@]1(C)CC[C@H](O)C(C)(C)C1CC4. The Morgan fingerprint density at radius 1 is 0.742 bits per heavy atom. The zero-order valence-electron chi connectivity index (χ0n) is 21.9. The first kappa shape index (κ1) is 22.5. The van der Waals surface area contributed by atoms with Crippen molar-refractivity contribution in [2.75, 3.05) is 0 Å². The molecule has 0 bridgehead atoms. The number of rotatable bonds is 0. The van der Waals surface area contributed by atoms with Gasteiger partial charge in [-0.05, 0) is 115 Å². The van der Waals surface area contributed by atoms with Crippen molar-refractivity contribution in [3.63, 3.8) is 0 Å². The van der Waals surface area contributed by atoms with Crippen LogP contribution in [0.3, 0.4) is 0 Å². The van der Waals surface area contributed by atoms with Crippen LogP contribution < -0.4 is 0 Å². The first-order chi connectivity index (χ1) is 14.3. The van der Waals surface area contributed by atoms with E-state index in [1.54, 1.807) is 0 Å². The van der Waals surface area contributed by atoms with Crippen molar-refractivity contribution in [1.29, 1.82) is 0 Å². The van der Waals surface area contributed by atoms with Gasteiger partial charge >= 0.3 is 0 Å². The van der Waals surface area contributed by atoms with E-state index < -0.39 is 0 Å². The molecule has 176 valence electrons. The lowest BCUT2D eigenvalue weighted by Crippen LogP contribution is -2.62. The number of hydrogen-bond acceptors (Lipinski definition) is 1. The van der Waals surface area contributed by atoms with Crippen LogP contribution in [0, 0.1) is 50.7 Å². The molecule has 1 heteroatoms. The summed E-state index contributed by atoms with van der Waals surface area (Å²) < 4.78 is 0. The third-order valence-corrected chi connectivity index (χ3v) is 13.2. The van der Waals surface area contributed by atoms with E-state index in [0.717, 1.165) is 24.2 Å². The van der Waals surface area contributed by atoms with E-state index in [2.05, 4.69) is 55.4 Å². The van der Waals surface area contributed by atoms with E-state index >= 15 is 0 Å². The standard InChI is InChI=1S/C30H50O/c1-19-11-14-27(5)17-18-29(7)22-9-10-23-26(3,4)24(31)13-15-28(23,6)21(22)12-16-30(29,8)25(27)20(19)2/h19-20,23-25,31H,9-18H2,1-8H3/t19-,20+,23?,24-,25?,27+,28+,29+,30-/m0/s1. The van der Waals surface area contributed by atoms with Crippen LogP contribution in [0.2, 0.25) is 0 Å². The highest BCUT2D eigenvalue weighted by molar-refractivity contribution is 5.38. The van der Waals surface area contributed by atoms with Gasteiger partial charge in [0.2, 0.25) is 0 Å². The zero-order valence-corrected chi connectivity index (χ0v) is 21.9. The largest absolute Gasteiger partial charge is 0.393 e. The summed E-state index contributed by atoms with van der Waals surface area (Å²) in [5.41, 5.74) is 5.50. The summed E-state index contributed by atoms with van der Waals surface area (Å²) in [6, 6.07) is 0. The molecule has 3 fully saturated rings. The van der Waals surface area contributed by atoms with E-state index in [4.69, 9.17) is 0 Å². The predicted molar refractivity (Wildman–Crippen MR) is 131 cm³/mol. The third-order valence-electron chi connectivity index (χ3n) is 13.2. The lowest BCUT2D eigenvalue weighted by molar-refractivity contribution is -0.165. The Bertz CT molecular complexity index is 792. The van der Waals surface area contributed by atoms with Crippen molar-refractivity contribution in [2.24, 2.45) is 50.7 Å². The van der Waals surface area contributed by atoms with Gasteiger partial charge in [0.25, 0.3) is 0 Å². The number of aliphatic hydroxyl groups excluding tert-OH is 1. The number of aliphatic hydroxyl groups is 1. The number of fused-ring (bicyclic) bond motifs is 6. The fourth-order valence-corrected chi connectivity index (χ4v) is 11.0. The van der Waals surface area contributed by atoms with Crippen LogP contribution in [0.15, 0.2) is 11.1 Å². The molecule has 0 saturated heterocycles. The molecule has 5 aliphatic carbocycles. The van der Waals surface area contributed by atoms with Crippen LogP contribution in [-0.2, 0) is 0 Å². The van der Waals surface area contributed by atoms with Gasteiger partial charge in [0.15, 0.2) is 0 Å². The highest BCUT2D eigenvalue weighted by Gasteiger charge is 2.66. The molecule has 2 unspecified atom stereocenters. The normalized spacial score (nSPS) is 56.2. The van der Waals surface area contributed by atoms with Gasteiger partial charge in [-0.1, -0.05) is 66.5 Å². The van der Waals surface area contributed by atoms with Crippen LogP contribution in [0.25, 0.3) is 0 Å². The summed E-state index contributed by atoms with van der Waals surface area (Å²) in [6.07, 6.45) is 13.1. The fourth-order valence-electron chi connectivity index (χ4n) is 11.0. The van der Waals surface area contributed by atoms with Crippen LogP contribution in [0.5, 0.6) is 0 Å². The lowest BCUT2D eigenvalue weighted by atomic mass is 9.35. The van der Waals surface area contributed by atoms with E-state index in [1.807, 2.05) is 11.1 Å². The van der Waals surface area contributed by atoms with Crippen molar-refractivity contribution in [3.8, 4) is 0 Å². The van der Waals surface area contributed by atoms with Crippen molar-refractivity contribution < 1.29 is 5.11 Å². The van der Waals surface area contributed by atoms with Gasteiger partial charge in [-0.25, -0.2) is 0 Å². The molecule has 0 aromatic carbocycles. The second-order valence-electron chi connectivity index (χ2n) is 14.6.